The summed E-state index contributed by atoms with van der Waals surface area (Å²) in [6.45, 7) is 2.23. The zero-order valence-electron chi connectivity index (χ0n) is 20.1. The lowest BCUT2D eigenvalue weighted by Crippen LogP contribution is -2.27. The minimum atomic E-state index is -0.510. The van der Waals surface area contributed by atoms with Crippen LogP contribution in [0.15, 0.2) is 90.2 Å². The number of fused-ring (bicyclic) bond motifs is 1. The van der Waals surface area contributed by atoms with E-state index in [0.717, 1.165) is 28.3 Å². The maximum Gasteiger partial charge on any atom is 0.253 e. The summed E-state index contributed by atoms with van der Waals surface area (Å²) in [6, 6.07) is 26.4. The Balaban J connectivity index is 1.34. The van der Waals surface area contributed by atoms with Gasteiger partial charge in [-0.3, -0.25) is 4.79 Å². The van der Waals surface area contributed by atoms with E-state index in [0.29, 0.717) is 22.9 Å². The number of hydrogen-bond donors (Lipinski definition) is 2. The molecule has 0 radical (unpaired) electrons. The lowest BCUT2D eigenvalue weighted by atomic mass is 9.94. The van der Waals surface area contributed by atoms with E-state index in [4.69, 9.17) is 16.3 Å². The molecular weight excluding hydrogens is 486 g/mol. The van der Waals surface area contributed by atoms with E-state index >= 15 is 0 Å². The summed E-state index contributed by atoms with van der Waals surface area (Å²) >= 11 is 6.05. The van der Waals surface area contributed by atoms with E-state index in [1.807, 2.05) is 79.7 Å². The van der Waals surface area contributed by atoms with Crippen molar-refractivity contribution in [2.45, 2.75) is 19.5 Å². The monoisotopic (exact) mass is 509 g/mol. The van der Waals surface area contributed by atoms with Gasteiger partial charge in [-0.25, -0.2) is 4.68 Å². The molecule has 0 bridgehead atoms. The molecule has 0 saturated carbocycles. The van der Waals surface area contributed by atoms with Crippen molar-refractivity contribution in [2.75, 3.05) is 5.32 Å². The number of nitrogens with one attached hydrogen (secondary N) is 2. The summed E-state index contributed by atoms with van der Waals surface area (Å²) in [5, 5.41) is 21.2. The Hall–Kier alpha value is -4.54. The third-order valence-corrected chi connectivity index (χ3v) is 6.42. The number of nitrogens with zero attached hydrogens (tertiary/aromatic N) is 3. The summed E-state index contributed by atoms with van der Waals surface area (Å²) in [6.07, 6.45) is 3.30. The van der Waals surface area contributed by atoms with Crippen molar-refractivity contribution in [1.29, 1.82) is 5.26 Å². The Kier molecular flexibility index (Phi) is 6.93. The fourth-order valence-corrected chi connectivity index (χ4v) is 4.53. The van der Waals surface area contributed by atoms with Crippen LogP contribution < -0.4 is 15.4 Å². The highest BCUT2D eigenvalue weighted by molar-refractivity contribution is 6.30. The molecule has 0 saturated heterocycles. The molecule has 0 spiro atoms. The number of benzene rings is 3. The lowest BCUT2D eigenvalue weighted by molar-refractivity contribution is 0.0950. The van der Waals surface area contributed by atoms with E-state index in [1.165, 1.54) is 0 Å². The second-order valence-electron chi connectivity index (χ2n) is 8.69. The fraction of sp³-hybridized carbons (Fsp3) is 0.138. The van der Waals surface area contributed by atoms with Gasteiger partial charge in [0.05, 0.1) is 23.4 Å². The molecule has 2 N–H and O–H groups in total. The average Bonchev–Trinajstić information content (AvgIpc) is 3.26. The van der Waals surface area contributed by atoms with Crippen molar-refractivity contribution >= 4 is 29.4 Å². The van der Waals surface area contributed by atoms with Gasteiger partial charge in [-0.05, 0) is 66.6 Å². The highest BCUT2D eigenvalue weighted by Gasteiger charge is 2.32. The van der Waals surface area contributed by atoms with Crippen LogP contribution in [0.5, 0.6) is 11.5 Å². The standard InChI is InChI=1S/C29H24ClN5O2/c1-19-26(29(36)32-16-20-6-5-7-22(30)14-20)18-35-28(19)27(21(15-31)17-33-35)34-23-10-12-25(13-11-23)37-24-8-3-2-4-9-24/h2-14,17-18,21,27,34H,16H2,1H3,(H,32,36). The number of anilines is 1. The maximum absolute atomic E-state index is 13.0. The fourth-order valence-electron chi connectivity index (χ4n) is 4.31. The van der Waals surface area contributed by atoms with Crippen molar-refractivity contribution in [3.05, 3.63) is 112 Å². The molecule has 2 unspecified atom stereocenters. The van der Waals surface area contributed by atoms with Crippen LogP contribution in [0, 0.1) is 24.2 Å². The van der Waals surface area contributed by atoms with E-state index < -0.39 is 12.0 Å². The third-order valence-electron chi connectivity index (χ3n) is 6.18. The van der Waals surface area contributed by atoms with Crippen molar-refractivity contribution in [3.63, 3.8) is 0 Å². The summed E-state index contributed by atoms with van der Waals surface area (Å²) in [7, 11) is 0. The first-order valence-corrected chi connectivity index (χ1v) is 12.2. The molecule has 5 rings (SSSR count). The normalized spacial score (nSPS) is 15.9. The van der Waals surface area contributed by atoms with Crippen molar-refractivity contribution in [1.82, 2.24) is 9.99 Å². The third kappa shape index (κ3) is 5.35. The Morgan fingerprint density at radius 2 is 1.84 bits per heavy atom. The highest BCUT2D eigenvalue weighted by atomic mass is 35.5. The quantitative estimate of drug-likeness (QED) is 0.305. The summed E-state index contributed by atoms with van der Waals surface area (Å²) in [5.74, 6) is 0.732. The van der Waals surface area contributed by atoms with Gasteiger partial charge in [-0.15, -0.1) is 0 Å². The first kappa shape index (κ1) is 24.2. The summed E-state index contributed by atoms with van der Waals surface area (Å²) in [5.41, 5.74) is 3.77. The highest BCUT2D eigenvalue weighted by Crippen LogP contribution is 2.34. The second kappa shape index (κ2) is 10.6. The first-order chi connectivity index (χ1) is 18.0. The van der Waals surface area contributed by atoms with Crippen molar-refractivity contribution in [3.8, 4) is 17.6 Å². The molecule has 1 aliphatic rings. The molecular formula is C29H24ClN5O2. The zero-order chi connectivity index (χ0) is 25.8. The number of amides is 1. The number of ether oxygens (including phenoxy) is 1. The average molecular weight is 510 g/mol. The molecule has 0 aliphatic carbocycles. The molecule has 7 nitrogen and oxygen atoms in total. The predicted molar refractivity (Wildman–Crippen MR) is 144 cm³/mol. The second-order valence-corrected chi connectivity index (χ2v) is 9.13. The molecule has 4 aromatic rings. The van der Waals surface area contributed by atoms with E-state index in [2.05, 4.69) is 21.8 Å². The largest absolute Gasteiger partial charge is 0.457 e. The molecule has 37 heavy (non-hydrogen) atoms. The zero-order valence-corrected chi connectivity index (χ0v) is 20.8. The van der Waals surface area contributed by atoms with Crippen LogP contribution in [0.4, 0.5) is 5.69 Å². The summed E-state index contributed by atoms with van der Waals surface area (Å²) in [4.78, 5) is 13.0. The van der Waals surface area contributed by atoms with Gasteiger partial charge < -0.3 is 15.4 Å². The van der Waals surface area contributed by atoms with Crippen LogP contribution in [0.25, 0.3) is 0 Å². The van der Waals surface area contributed by atoms with Crippen LogP contribution in [0.3, 0.4) is 0 Å². The summed E-state index contributed by atoms with van der Waals surface area (Å²) < 4.78 is 7.54. The molecule has 3 aromatic carbocycles. The van der Waals surface area contributed by atoms with E-state index in [-0.39, 0.29) is 5.91 Å². The van der Waals surface area contributed by atoms with Gasteiger partial charge in [-0.2, -0.15) is 10.4 Å². The predicted octanol–water partition coefficient (Wildman–Crippen LogP) is 6.31. The number of rotatable bonds is 7. The van der Waals surface area contributed by atoms with Gasteiger partial charge in [0.2, 0.25) is 0 Å². The van der Waals surface area contributed by atoms with E-state index in [1.54, 1.807) is 23.2 Å². The van der Waals surface area contributed by atoms with Gasteiger partial charge >= 0.3 is 0 Å². The van der Waals surface area contributed by atoms with Gasteiger partial charge in [0.15, 0.2) is 0 Å². The first-order valence-electron chi connectivity index (χ1n) is 11.8. The van der Waals surface area contributed by atoms with Crippen LogP contribution in [0.2, 0.25) is 5.02 Å². The minimum Gasteiger partial charge on any atom is -0.457 e. The minimum absolute atomic E-state index is 0.218. The smallest absolute Gasteiger partial charge is 0.253 e. The Labute approximate surface area is 220 Å². The number of carbonyl (C=O) groups is 1. The van der Waals surface area contributed by atoms with Crippen LogP contribution in [-0.2, 0) is 6.54 Å². The number of hydrogen-bond acceptors (Lipinski definition) is 5. The molecule has 2 heterocycles. The molecule has 184 valence electrons. The Bertz CT molecular complexity index is 1490. The van der Waals surface area contributed by atoms with Gasteiger partial charge in [0, 0.05) is 29.7 Å². The van der Waals surface area contributed by atoms with Gasteiger partial charge in [0.25, 0.3) is 5.91 Å². The van der Waals surface area contributed by atoms with Crippen LogP contribution in [0.1, 0.15) is 33.2 Å². The number of aromatic nitrogens is 1. The topological polar surface area (TPSA) is 91.4 Å². The molecule has 0 fully saturated rings. The van der Waals surface area contributed by atoms with Gasteiger partial charge in [0.1, 0.15) is 17.4 Å². The SMILES string of the molecule is Cc1c(C(=O)NCc2cccc(Cl)c2)cn2c1C(Nc1ccc(Oc3ccccc3)cc1)C(C#N)C=N2. The van der Waals surface area contributed by atoms with Gasteiger partial charge in [-0.1, -0.05) is 41.9 Å². The Morgan fingerprint density at radius 1 is 1.08 bits per heavy atom. The molecule has 8 heteroatoms. The lowest BCUT2D eigenvalue weighted by Gasteiger charge is -2.26. The number of nitriles is 1. The number of halogens is 1. The molecule has 2 atom stereocenters. The number of para-hydroxylation sites is 1. The molecule has 1 aliphatic heterocycles. The molecule has 1 aromatic heterocycles. The van der Waals surface area contributed by atoms with Crippen molar-refractivity contribution in [2.24, 2.45) is 11.0 Å². The molecule has 1 amide bonds. The number of carbonyl (C=O) groups excluding carboxylic acids is 1. The van der Waals surface area contributed by atoms with E-state index in [9.17, 15) is 10.1 Å². The van der Waals surface area contributed by atoms with Crippen LogP contribution in [-0.4, -0.2) is 16.8 Å². The van der Waals surface area contributed by atoms with Crippen LogP contribution >= 0.6 is 11.6 Å². The maximum atomic E-state index is 13.0. The van der Waals surface area contributed by atoms with Crippen molar-refractivity contribution < 1.29 is 9.53 Å². The Morgan fingerprint density at radius 3 is 2.57 bits per heavy atom.